The van der Waals surface area contributed by atoms with Crippen LogP contribution in [-0.4, -0.2) is 84.3 Å². The second kappa shape index (κ2) is 23.2. The van der Waals surface area contributed by atoms with Crippen LogP contribution in [0, 0.1) is 0 Å². The number of unbranched alkanes of at least 4 members (excludes halogenated alkanes) is 12. The molecule has 0 spiro atoms. The summed E-state index contributed by atoms with van der Waals surface area (Å²) in [5.41, 5.74) is 0.184. The number of rotatable bonds is 27. The fraction of sp³-hybridized carbons (Fsp3) is 0.758. The Hall–Kier alpha value is -2.17. The Balaban J connectivity index is 2.54. The van der Waals surface area contributed by atoms with E-state index >= 15 is 0 Å². The van der Waals surface area contributed by atoms with E-state index < -0.39 is 39.1 Å². The Morgan fingerprint density at radius 1 is 0.800 bits per heavy atom. The van der Waals surface area contributed by atoms with E-state index in [0.717, 1.165) is 19.3 Å². The molecule has 0 N–H and O–H groups in total. The van der Waals surface area contributed by atoms with E-state index in [2.05, 4.69) is 6.92 Å². The van der Waals surface area contributed by atoms with Gasteiger partial charge in [0.25, 0.3) is 7.82 Å². The highest BCUT2D eigenvalue weighted by Gasteiger charge is 2.22. The van der Waals surface area contributed by atoms with Gasteiger partial charge >= 0.3 is 11.9 Å². The summed E-state index contributed by atoms with van der Waals surface area (Å²) in [5.74, 6) is -0.438. The van der Waals surface area contributed by atoms with E-state index in [1.165, 1.54) is 84.1 Å². The van der Waals surface area contributed by atoms with E-state index in [-0.39, 0.29) is 18.6 Å². The van der Waals surface area contributed by atoms with Crippen molar-refractivity contribution in [1.29, 1.82) is 0 Å². The molecule has 45 heavy (non-hydrogen) atoms. The fourth-order valence-corrected chi connectivity index (χ4v) is 5.23. The van der Waals surface area contributed by atoms with Crippen molar-refractivity contribution in [1.82, 2.24) is 0 Å². The lowest BCUT2D eigenvalue weighted by Gasteiger charge is -2.28. The molecule has 0 saturated carbocycles. The van der Waals surface area contributed by atoms with Crippen LogP contribution in [0.1, 0.15) is 107 Å². The van der Waals surface area contributed by atoms with Gasteiger partial charge in [-0.1, -0.05) is 84.0 Å². The average molecular weight is 660 g/mol. The van der Waals surface area contributed by atoms with Crippen LogP contribution in [0.15, 0.2) is 18.2 Å². The predicted molar refractivity (Wildman–Crippen MR) is 172 cm³/mol. The highest BCUT2D eigenvalue weighted by Crippen LogP contribution is 2.38. The van der Waals surface area contributed by atoms with Crippen LogP contribution in [0.25, 0.3) is 0 Å². The highest BCUT2D eigenvalue weighted by atomic mass is 31.2. The molecule has 0 heterocycles. The molecule has 260 valence electrons. The van der Waals surface area contributed by atoms with Gasteiger partial charge in [0.15, 0.2) is 17.6 Å². The minimum atomic E-state index is -4.67. The summed E-state index contributed by atoms with van der Waals surface area (Å²) >= 11 is 0. The predicted octanol–water partition coefficient (Wildman–Crippen LogP) is 6.46. The molecule has 1 rings (SSSR count). The van der Waals surface area contributed by atoms with Crippen LogP contribution in [0.2, 0.25) is 0 Å². The van der Waals surface area contributed by atoms with Crippen molar-refractivity contribution in [2.24, 2.45) is 0 Å². The fourth-order valence-electron chi connectivity index (χ4n) is 4.50. The normalized spacial score (nSPS) is 13.6. The number of ether oxygens (including phenoxy) is 4. The van der Waals surface area contributed by atoms with E-state index in [1.807, 2.05) is 21.1 Å². The minimum absolute atomic E-state index is 0.0674. The number of nitrogens with zero attached hydrogens (tertiary/aromatic N) is 1. The number of likely N-dealkylation sites (N-methyl/N-ethyl adjacent to an activating group) is 1. The molecule has 0 bridgehead atoms. The number of hydrogen-bond donors (Lipinski definition) is 0. The number of methoxy groups -OCH3 is 2. The third kappa shape index (κ3) is 20.5. The first kappa shape index (κ1) is 40.9. The number of esters is 2. The number of benzene rings is 1. The molecule has 1 aromatic carbocycles. The Kier molecular flexibility index (Phi) is 21.1. The van der Waals surface area contributed by atoms with Gasteiger partial charge in [0.2, 0.25) is 0 Å². The summed E-state index contributed by atoms with van der Waals surface area (Å²) in [5, 5.41) is 0. The van der Waals surface area contributed by atoms with Crippen molar-refractivity contribution in [3.8, 4) is 11.5 Å². The van der Waals surface area contributed by atoms with Gasteiger partial charge in [-0.2, -0.15) is 0 Å². The number of phosphoric acid groups is 1. The van der Waals surface area contributed by atoms with Crippen molar-refractivity contribution in [3.63, 3.8) is 0 Å². The number of carbonyl (C=O) groups excluding carboxylic acids is 2. The average Bonchev–Trinajstić information content (AvgIpc) is 2.99. The molecule has 0 aliphatic heterocycles. The lowest BCUT2D eigenvalue weighted by Crippen LogP contribution is -2.37. The lowest BCUT2D eigenvalue weighted by atomic mass is 10.0. The van der Waals surface area contributed by atoms with E-state index in [9.17, 15) is 19.0 Å². The van der Waals surface area contributed by atoms with Crippen molar-refractivity contribution < 1.29 is 51.5 Å². The van der Waals surface area contributed by atoms with E-state index in [1.54, 1.807) is 6.07 Å². The number of quaternary nitrogens is 1. The molecule has 0 amide bonds. The van der Waals surface area contributed by atoms with Crippen LogP contribution < -0.4 is 14.4 Å². The van der Waals surface area contributed by atoms with E-state index in [0.29, 0.717) is 28.9 Å². The molecule has 0 fully saturated rings. The van der Waals surface area contributed by atoms with Gasteiger partial charge in [-0.05, 0) is 24.6 Å². The highest BCUT2D eigenvalue weighted by molar-refractivity contribution is 7.45. The van der Waals surface area contributed by atoms with Gasteiger partial charge in [-0.3, -0.25) is 9.36 Å². The SMILES string of the molecule is CCCCCCCCCCCCCCCC(=O)O[C@H](COC(=O)c1ccc(OC)c(OC)c1)COP(=O)([O-])OCC[N+](C)(C)C. The molecule has 0 aliphatic carbocycles. The van der Waals surface area contributed by atoms with Crippen LogP contribution in [0.5, 0.6) is 11.5 Å². The summed E-state index contributed by atoms with van der Waals surface area (Å²) in [7, 11) is 3.96. The first-order valence-electron chi connectivity index (χ1n) is 16.4. The molecule has 0 radical (unpaired) electrons. The summed E-state index contributed by atoms with van der Waals surface area (Å²) in [6.45, 7) is 1.66. The zero-order valence-electron chi connectivity index (χ0n) is 28.5. The Morgan fingerprint density at radius 2 is 1.36 bits per heavy atom. The quantitative estimate of drug-likeness (QED) is 0.0449. The first-order chi connectivity index (χ1) is 21.4. The summed E-state index contributed by atoms with van der Waals surface area (Å²) in [6, 6.07) is 4.52. The zero-order chi connectivity index (χ0) is 33.6. The van der Waals surface area contributed by atoms with Crippen LogP contribution >= 0.6 is 7.82 Å². The molecule has 1 unspecified atom stereocenters. The van der Waals surface area contributed by atoms with Gasteiger partial charge < -0.3 is 37.4 Å². The summed E-state index contributed by atoms with van der Waals surface area (Å²) in [6.07, 6.45) is 14.5. The lowest BCUT2D eigenvalue weighted by molar-refractivity contribution is -0.870. The number of carbonyl (C=O) groups is 2. The molecule has 11 nitrogen and oxygen atoms in total. The standard InChI is InChI=1S/C33H58NO10P/c1-7-8-9-10-11-12-13-14-15-16-17-18-19-20-32(35)44-29(27-43-45(37,38)42-24-23-34(2,3)4)26-41-33(36)28-21-22-30(39-5)31(25-28)40-6/h21-22,25,29H,7-20,23-24,26-27H2,1-6H3/t29-/m1/s1. The molecular formula is C33H58NO10P. The largest absolute Gasteiger partial charge is 0.756 e. The maximum atomic E-state index is 12.7. The maximum Gasteiger partial charge on any atom is 0.338 e. The number of hydrogen-bond acceptors (Lipinski definition) is 10. The van der Waals surface area contributed by atoms with Crippen molar-refractivity contribution in [2.75, 3.05) is 61.7 Å². The van der Waals surface area contributed by atoms with Crippen LogP contribution in [0.3, 0.4) is 0 Å². The van der Waals surface area contributed by atoms with Crippen LogP contribution in [-0.2, 0) is 27.9 Å². The van der Waals surface area contributed by atoms with Gasteiger partial charge in [0.05, 0.1) is 47.5 Å². The second-order valence-corrected chi connectivity index (χ2v) is 13.8. The smallest absolute Gasteiger partial charge is 0.338 e. The molecular weight excluding hydrogens is 601 g/mol. The van der Waals surface area contributed by atoms with Gasteiger partial charge in [0, 0.05) is 6.42 Å². The third-order valence-corrected chi connectivity index (χ3v) is 8.20. The van der Waals surface area contributed by atoms with Gasteiger partial charge in [-0.25, -0.2) is 4.79 Å². The zero-order valence-corrected chi connectivity index (χ0v) is 29.4. The molecule has 1 aromatic rings. The molecule has 0 aliphatic rings. The summed E-state index contributed by atoms with van der Waals surface area (Å²) in [4.78, 5) is 37.6. The van der Waals surface area contributed by atoms with Crippen molar-refractivity contribution in [2.45, 2.75) is 103 Å². The molecule has 2 atom stereocenters. The Morgan fingerprint density at radius 3 is 1.89 bits per heavy atom. The van der Waals surface area contributed by atoms with Gasteiger partial charge in [0.1, 0.15) is 19.8 Å². The molecule has 0 saturated heterocycles. The summed E-state index contributed by atoms with van der Waals surface area (Å²) < 4.78 is 44.0. The van der Waals surface area contributed by atoms with Crippen molar-refractivity contribution >= 4 is 19.8 Å². The van der Waals surface area contributed by atoms with E-state index in [4.69, 9.17) is 28.0 Å². The minimum Gasteiger partial charge on any atom is -0.756 e. The van der Waals surface area contributed by atoms with Gasteiger partial charge in [-0.15, -0.1) is 0 Å². The Labute approximate surface area is 271 Å². The molecule has 12 heteroatoms. The molecule has 0 aromatic heterocycles. The van der Waals surface area contributed by atoms with Crippen LogP contribution in [0.4, 0.5) is 0 Å². The topological polar surface area (TPSA) is 130 Å². The maximum absolute atomic E-state index is 12.7. The first-order valence-corrected chi connectivity index (χ1v) is 17.9. The second-order valence-electron chi connectivity index (χ2n) is 12.4. The Bertz CT molecular complexity index is 1010. The monoisotopic (exact) mass is 659 g/mol. The number of phosphoric ester groups is 1. The van der Waals surface area contributed by atoms with Crippen molar-refractivity contribution in [3.05, 3.63) is 23.8 Å². The third-order valence-electron chi connectivity index (χ3n) is 7.23.